The first kappa shape index (κ1) is 13.5. The van der Waals surface area contributed by atoms with E-state index in [1.807, 2.05) is 0 Å². The maximum Gasteiger partial charge on any atom is 0.143 e. The lowest BCUT2D eigenvalue weighted by Gasteiger charge is -2.14. The van der Waals surface area contributed by atoms with Gasteiger partial charge in [0.05, 0.1) is 12.6 Å². The average molecular weight is 272 g/mol. The molecule has 0 saturated carbocycles. The van der Waals surface area contributed by atoms with Crippen molar-refractivity contribution in [3.8, 4) is 5.75 Å². The molecule has 1 aliphatic rings. The number of nitrogens with zero attached hydrogens (tertiary/aromatic N) is 1. The second-order valence-corrected chi connectivity index (χ2v) is 6.02. The van der Waals surface area contributed by atoms with Crippen LogP contribution in [0.2, 0.25) is 0 Å². The Kier molecular flexibility index (Phi) is 3.47. The first-order chi connectivity index (χ1) is 9.63. The van der Waals surface area contributed by atoms with Crippen molar-refractivity contribution in [1.82, 2.24) is 4.57 Å². The Hall–Kier alpha value is -1.48. The van der Waals surface area contributed by atoms with Crippen molar-refractivity contribution < 1.29 is 4.74 Å². The maximum atomic E-state index is 6.03. The van der Waals surface area contributed by atoms with Crippen LogP contribution in [0.1, 0.15) is 36.6 Å². The highest BCUT2D eigenvalue weighted by Crippen LogP contribution is 2.38. The SMILES string of the molecule is COc1ccc(CC(C)N)c2c3c(n(C)c12)CCCC3. The third-order valence-corrected chi connectivity index (χ3v) is 4.47. The molecule has 3 rings (SSSR count). The van der Waals surface area contributed by atoms with Crippen LogP contribution in [0.5, 0.6) is 5.75 Å². The summed E-state index contributed by atoms with van der Waals surface area (Å²) in [7, 11) is 3.93. The van der Waals surface area contributed by atoms with Crippen molar-refractivity contribution >= 4 is 10.9 Å². The van der Waals surface area contributed by atoms with Crippen LogP contribution in [0.25, 0.3) is 10.9 Å². The first-order valence-electron chi connectivity index (χ1n) is 7.55. The summed E-state index contributed by atoms with van der Waals surface area (Å²) in [5.41, 5.74) is 11.7. The molecule has 0 saturated heterocycles. The van der Waals surface area contributed by atoms with Gasteiger partial charge in [0.1, 0.15) is 5.75 Å². The van der Waals surface area contributed by atoms with Crippen molar-refractivity contribution in [2.45, 2.75) is 45.1 Å². The summed E-state index contributed by atoms with van der Waals surface area (Å²) in [4.78, 5) is 0. The largest absolute Gasteiger partial charge is 0.495 e. The zero-order chi connectivity index (χ0) is 14.3. The fourth-order valence-corrected chi connectivity index (χ4v) is 3.63. The highest BCUT2D eigenvalue weighted by atomic mass is 16.5. The predicted octanol–water partition coefficient (Wildman–Crippen LogP) is 2.96. The van der Waals surface area contributed by atoms with Crippen molar-refractivity contribution in [3.05, 3.63) is 29.0 Å². The van der Waals surface area contributed by atoms with Crippen molar-refractivity contribution in [2.75, 3.05) is 7.11 Å². The van der Waals surface area contributed by atoms with Gasteiger partial charge in [0.2, 0.25) is 0 Å². The summed E-state index contributed by atoms with van der Waals surface area (Å²) in [5, 5.41) is 1.40. The Morgan fingerprint density at radius 2 is 2.05 bits per heavy atom. The molecule has 108 valence electrons. The molecule has 0 aliphatic heterocycles. The number of hydrogen-bond donors (Lipinski definition) is 1. The molecule has 1 aromatic heterocycles. The predicted molar refractivity (Wildman–Crippen MR) is 83.5 cm³/mol. The molecule has 2 aromatic rings. The lowest BCUT2D eigenvalue weighted by atomic mass is 9.92. The van der Waals surface area contributed by atoms with Crippen molar-refractivity contribution in [2.24, 2.45) is 12.8 Å². The van der Waals surface area contributed by atoms with Crippen LogP contribution in [-0.2, 0) is 26.3 Å². The number of rotatable bonds is 3. The van der Waals surface area contributed by atoms with Crippen LogP contribution in [0.3, 0.4) is 0 Å². The van der Waals surface area contributed by atoms with E-state index in [0.29, 0.717) is 0 Å². The van der Waals surface area contributed by atoms with E-state index in [1.54, 1.807) is 7.11 Å². The summed E-state index contributed by atoms with van der Waals surface area (Å²) < 4.78 is 7.93. The normalized spacial score (nSPS) is 16.2. The molecular weight excluding hydrogens is 248 g/mol. The highest BCUT2D eigenvalue weighted by molar-refractivity contribution is 5.93. The van der Waals surface area contributed by atoms with E-state index in [4.69, 9.17) is 10.5 Å². The van der Waals surface area contributed by atoms with Gasteiger partial charge in [0.15, 0.2) is 0 Å². The Morgan fingerprint density at radius 3 is 2.75 bits per heavy atom. The van der Waals surface area contributed by atoms with Crippen LogP contribution in [0.4, 0.5) is 0 Å². The van der Waals surface area contributed by atoms with Gasteiger partial charge in [0, 0.05) is 24.2 Å². The molecule has 3 nitrogen and oxygen atoms in total. The molecule has 0 radical (unpaired) electrons. The third-order valence-electron chi connectivity index (χ3n) is 4.47. The first-order valence-corrected chi connectivity index (χ1v) is 7.55. The van der Waals surface area contributed by atoms with E-state index in [1.165, 1.54) is 53.4 Å². The Labute approximate surface area is 120 Å². The topological polar surface area (TPSA) is 40.2 Å². The van der Waals surface area contributed by atoms with E-state index in [0.717, 1.165) is 12.2 Å². The Bertz CT molecular complexity index is 640. The maximum absolute atomic E-state index is 6.03. The molecule has 0 bridgehead atoms. The van der Waals surface area contributed by atoms with Gasteiger partial charge in [-0.3, -0.25) is 0 Å². The Morgan fingerprint density at radius 1 is 1.30 bits per heavy atom. The van der Waals surface area contributed by atoms with Gasteiger partial charge in [-0.1, -0.05) is 6.07 Å². The van der Waals surface area contributed by atoms with Crippen LogP contribution < -0.4 is 10.5 Å². The lowest BCUT2D eigenvalue weighted by Crippen LogP contribution is -2.18. The highest BCUT2D eigenvalue weighted by Gasteiger charge is 2.22. The number of aryl methyl sites for hydroxylation is 2. The smallest absolute Gasteiger partial charge is 0.143 e. The number of methoxy groups -OCH3 is 1. The van der Waals surface area contributed by atoms with Gasteiger partial charge in [-0.05, 0) is 56.2 Å². The van der Waals surface area contributed by atoms with E-state index < -0.39 is 0 Å². The minimum atomic E-state index is 0.186. The minimum absolute atomic E-state index is 0.186. The molecule has 1 unspecified atom stereocenters. The minimum Gasteiger partial charge on any atom is -0.495 e. The summed E-state index contributed by atoms with van der Waals surface area (Å²) in [5.74, 6) is 0.977. The third kappa shape index (κ3) is 2.01. The molecule has 20 heavy (non-hydrogen) atoms. The van der Waals surface area contributed by atoms with E-state index >= 15 is 0 Å². The van der Waals surface area contributed by atoms with Crippen LogP contribution in [0, 0.1) is 0 Å². The van der Waals surface area contributed by atoms with Gasteiger partial charge >= 0.3 is 0 Å². The average Bonchev–Trinajstić information content (AvgIpc) is 2.74. The molecule has 1 aromatic carbocycles. The number of nitrogens with two attached hydrogens (primary N) is 1. The fourth-order valence-electron chi connectivity index (χ4n) is 3.63. The number of fused-ring (bicyclic) bond motifs is 3. The molecule has 1 aliphatic carbocycles. The number of hydrogen-bond acceptors (Lipinski definition) is 2. The molecule has 0 spiro atoms. The van der Waals surface area contributed by atoms with Gasteiger partial charge in [0.25, 0.3) is 0 Å². The number of benzene rings is 1. The van der Waals surface area contributed by atoms with Crippen molar-refractivity contribution in [1.29, 1.82) is 0 Å². The zero-order valence-corrected chi connectivity index (χ0v) is 12.7. The lowest BCUT2D eigenvalue weighted by molar-refractivity contribution is 0.417. The molecular formula is C17H24N2O. The van der Waals surface area contributed by atoms with Crippen LogP contribution in [-0.4, -0.2) is 17.7 Å². The zero-order valence-electron chi connectivity index (χ0n) is 12.7. The summed E-state index contributed by atoms with van der Waals surface area (Å²) in [6.07, 6.45) is 5.88. The second kappa shape index (κ2) is 5.13. The van der Waals surface area contributed by atoms with E-state index in [9.17, 15) is 0 Å². The van der Waals surface area contributed by atoms with Crippen LogP contribution in [0.15, 0.2) is 12.1 Å². The van der Waals surface area contributed by atoms with Crippen molar-refractivity contribution in [3.63, 3.8) is 0 Å². The van der Waals surface area contributed by atoms with Gasteiger partial charge in [-0.15, -0.1) is 0 Å². The number of ether oxygens (including phenoxy) is 1. The Balaban J connectivity index is 2.32. The molecule has 1 atom stereocenters. The summed E-state index contributed by atoms with van der Waals surface area (Å²) in [6.45, 7) is 2.07. The monoisotopic (exact) mass is 272 g/mol. The van der Waals surface area contributed by atoms with E-state index in [-0.39, 0.29) is 6.04 Å². The number of aromatic nitrogens is 1. The van der Waals surface area contributed by atoms with Crippen LogP contribution >= 0.6 is 0 Å². The van der Waals surface area contributed by atoms with Gasteiger partial charge in [-0.2, -0.15) is 0 Å². The van der Waals surface area contributed by atoms with E-state index in [2.05, 4.69) is 30.7 Å². The van der Waals surface area contributed by atoms with Gasteiger partial charge in [-0.25, -0.2) is 0 Å². The summed E-state index contributed by atoms with van der Waals surface area (Å²) >= 11 is 0. The molecule has 0 amide bonds. The second-order valence-electron chi connectivity index (χ2n) is 6.02. The molecule has 2 N–H and O–H groups in total. The quantitative estimate of drug-likeness (QED) is 0.933. The molecule has 1 heterocycles. The fraction of sp³-hybridized carbons (Fsp3) is 0.529. The standard InChI is InChI=1S/C17H24N2O/c1-11(18)10-12-8-9-15(20-3)17-16(12)13-6-4-5-7-14(13)19(17)2/h8-9,11H,4-7,10,18H2,1-3H3. The molecule has 3 heteroatoms. The molecule has 0 fully saturated rings. The summed E-state index contributed by atoms with van der Waals surface area (Å²) in [6, 6.07) is 4.47. The van der Waals surface area contributed by atoms with Gasteiger partial charge < -0.3 is 15.0 Å².